The molecule has 86 valence electrons. The first-order chi connectivity index (χ1) is 8.25. The molecule has 0 aromatic heterocycles. The van der Waals surface area contributed by atoms with E-state index in [9.17, 15) is 0 Å². The summed E-state index contributed by atoms with van der Waals surface area (Å²) in [7, 11) is 0. The number of hydrogen-bond acceptors (Lipinski definition) is 1. The molecule has 0 saturated heterocycles. The lowest BCUT2D eigenvalue weighted by Gasteiger charge is -2.12. The minimum absolute atomic E-state index is 0.0616. The predicted octanol–water partition coefficient (Wildman–Crippen LogP) is 4.95. The molecule has 0 aliphatic carbocycles. The molecule has 0 spiro atoms. The molecule has 0 amide bonds. The van der Waals surface area contributed by atoms with Crippen LogP contribution in [0.15, 0.2) is 50.5 Å². The Morgan fingerprint density at radius 1 is 1.12 bits per heavy atom. The van der Waals surface area contributed by atoms with E-state index < -0.39 is 0 Å². The Morgan fingerprint density at radius 2 is 1.88 bits per heavy atom. The van der Waals surface area contributed by atoms with Crippen LogP contribution >= 0.6 is 38.5 Å². The normalized spacial score (nSPS) is 20.2. The Labute approximate surface area is 122 Å². The van der Waals surface area contributed by atoms with Crippen LogP contribution in [0.1, 0.15) is 11.7 Å². The van der Waals surface area contributed by atoms with Crippen LogP contribution < -0.4 is 0 Å². The van der Waals surface area contributed by atoms with Gasteiger partial charge in [-0.25, -0.2) is 0 Å². The molecule has 1 heterocycles. The van der Waals surface area contributed by atoms with E-state index in [4.69, 9.17) is 4.74 Å². The maximum atomic E-state index is 5.78. The second-order valence-electron chi connectivity index (χ2n) is 4.05. The smallest absolute Gasteiger partial charge is 0.115 e. The van der Waals surface area contributed by atoms with Gasteiger partial charge in [-0.2, -0.15) is 0 Å². The van der Waals surface area contributed by atoms with E-state index in [2.05, 4.69) is 81.0 Å². The van der Waals surface area contributed by atoms with Gasteiger partial charge in [0.25, 0.3) is 0 Å². The van der Waals surface area contributed by atoms with Gasteiger partial charge in [0, 0.05) is 8.06 Å². The monoisotopic (exact) mass is 400 g/mol. The van der Waals surface area contributed by atoms with Gasteiger partial charge in [-0.1, -0.05) is 52.3 Å². The molecule has 17 heavy (non-hydrogen) atoms. The Morgan fingerprint density at radius 3 is 2.59 bits per heavy atom. The first-order valence-corrected chi connectivity index (χ1v) is 7.27. The van der Waals surface area contributed by atoms with Crippen LogP contribution in [0.2, 0.25) is 0 Å². The molecule has 0 fully saturated rings. The maximum Gasteiger partial charge on any atom is 0.115 e. The van der Waals surface area contributed by atoms with Gasteiger partial charge in [0.1, 0.15) is 6.10 Å². The summed E-state index contributed by atoms with van der Waals surface area (Å²) in [4.78, 5) is 0. The van der Waals surface area contributed by atoms with Crippen molar-refractivity contribution in [3.63, 3.8) is 0 Å². The van der Waals surface area contributed by atoms with Crippen LogP contribution in [0.25, 0.3) is 10.8 Å². The Balaban J connectivity index is 2.07. The molecule has 1 aliphatic rings. The van der Waals surface area contributed by atoms with E-state index in [1.807, 2.05) is 0 Å². The topological polar surface area (TPSA) is 9.23 Å². The fraction of sp³-hybridized carbons (Fsp3) is 0.143. The van der Waals surface area contributed by atoms with Gasteiger partial charge in [0.05, 0.1) is 6.61 Å². The molecule has 1 atom stereocenters. The fourth-order valence-electron chi connectivity index (χ4n) is 2.05. The molecule has 0 bridgehead atoms. The summed E-state index contributed by atoms with van der Waals surface area (Å²) in [6, 6.07) is 14.9. The molecule has 1 aliphatic heterocycles. The van der Waals surface area contributed by atoms with Gasteiger partial charge in [0.2, 0.25) is 0 Å². The molecule has 1 nitrogen and oxygen atoms in total. The summed E-state index contributed by atoms with van der Waals surface area (Å²) in [5.41, 5.74) is 1.21. The highest BCUT2D eigenvalue weighted by Gasteiger charge is 2.24. The first kappa shape index (κ1) is 11.7. The molecule has 2 aromatic carbocycles. The third-order valence-electron chi connectivity index (χ3n) is 2.94. The standard InChI is InChI=1S/C14H10BrIO/c15-13-12(16)8-17-14(13)11-6-5-9-3-1-2-4-10(9)7-11/h1-7,14H,8H2. The van der Waals surface area contributed by atoms with Crippen LogP contribution in [-0.2, 0) is 4.74 Å². The van der Waals surface area contributed by atoms with Crippen molar-refractivity contribution in [3.8, 4) is 0 Å². The lowest BCUT2D eigenvalue weighted by atomic mass is 10.0. The molecular formula is C14H10BrIO. The van der Waals surface area contributed by atoms with Crippen LogP contribution in [0, 0.1) is 0 Å². The molecule has 0 radical (unpaired) electrons. The molecular weight excluding hydrogens is 391 g/mol. The Hall–Kier alpha value is -0.390. The SMILES string of the molecule is BrC1=C(I)COC1c1ccc2ccccc2c1. The third-order valence-corrected chi connectivity index (χ3v) is 5.47. The van der Waals surface area contributed by atoms with Crippen molar-refractivity contribution in [2.45, 2.75) is 6.10 Å². The van der Waals surface area contributed by atoms with Gasteiger partial charge < -0.3 is 4.74 Å². The van der Waals surface area contributed by atoms with E-state index in [-0.39, 0.29) is 6.10 Å². The summed E-state index contributed by atoms with van der Waals surface area (Å²) in [6.45, 7) is 0.707. The number of halogens is 2. The zero-order valence-electron chi connectivity index (χ0n) is 8.99. The number of fused-ring (bicyclic) bond motifs is 1. The van der Waals surface area contributed by atoms with Gasteiger partial charge in [0.15, 0.2) is 0 Å². The average molecular weight is 401 g/mol. The second kappa shape index (κ2) is 4.71. The largest absolute Gasteiger partial charge is 0.363 e. The third kappa shape index (κ3) is 2.16. The highest BCUT2D eigenvalue weighted by atomic mass is 127. The average Bonchev–Trinajstić information content (AvgIpc) is 2.70. The molecule has 0 N–H and O–H groups in total. The Kier molecular flexibility index (Phi) is 3.23. The summed E-state index contributed by atoms with van der Waals surface area (Å²) < 4.78 is 8.20. The predicted molar refractivity (Wildman–Crippen MR) is 82.6 cm³/mol. The minimum Gasteiger partial charge on any atom is -0.363 e. The maximum absolute atomic E-state index is 5.78. The van der Waals surface area contributed by atoms with Gasteiger partial charge in [-0.15, -0.1) is 0 Å². The van der Waals surface area contributed by atoms with E-state index >= 15 is 0 Å². The van der Waals surface area contributed by atoms with Crippen molar-refractivity contribution in [3.05, 3.63) is 56.1 Å². The lowest BCUT2D eigenvalue weighted by Crippen LogP contribution is -1.97. The minimum atomic E-state index is 0.0616. The summed E-state index contributed by atoms with van der Waals surface area (Å²) >= 11 is 5.94. The quantitative estimate of drug-likeness (QED) is 0.615. The molecule has 2 aromatic rings. The first-order valence-electron chi connectivity index (χ1n) is 5.40. The van der Waals surface area contributed by atoms with Gasteiger partial charge in [-0.3, -0.25) is 0 Å². The van der Waals surface area contributed by atoms with E-state index in [0.29, 0.717) is 6.61 Å². The van der Waals surface area contributed by atoms with Crippen LogP contribution in [0.3, 0.4) is 0 Å². The van der Waals surface area contributed by atoms with Crippen LogP contribution in [0.5, 0.6) is 0 Å². The summed E-state index contributed by atoms with van der Waals surface area (Å²) in [5.74, 6) is 0. The van der Waals surface area contributed by atoms with Crippen molar-refractivity contribution in [2.24, 2.45) is 0 Å². The fourth-order valence-corrected chi connectivity index (χ4v) is 3.03. The van der Waals surface area contributed by atoms with Gasteiger partial charge >= 0.3 is 0 Å². The van der Waals surface area contributed by atoms with Crippen molar-refractivity contribution in [1.82, 2.24) is 0 Å². The number of rotatable bonds is 1. The number of benzene rings is 2. The van der Waals surface area contributed by atoms with Crippen molar-refractivity contribution in [1.29, 1.82) is 0 Å². The molecule has 3 rings (SSSR count). The number of ether oxygens (including phenoxy) is 1. The van der Waals surface area contributed by atoms with Crippen LogP contribution in [0.4, 0.5) is 0 Å². The summed E-state index contributed by atoms with van der Waals surface area (Å²) in [6.07, 6.45) is 0.0616. The second-order valence-corrected chi connectivity index (χ2v) is 6.21. The van der Waals surface area contributed by atoms with E-state index in [1.54, 1.807) is 0 Å². The Bertz CT molecular complexity index is 606. The summed E-state index contributed by atoms with van der Waals surface area (Å²) in [5, 5.41) is 2.53. The van der Waals surface area contributed by atoms with E-state index in [0.717, 1.165) is 4.48 Å². The zero-order chi connectivity index (χ0) is 11.8. The van der Waals surface area contributed by atoms with E-state index in [1.165, 1.54) is 19.9 Å². The highest BCUT2D eigenvalue weighted by molar-refractivity contribution is 14.1. The highest BCUT2D eigenvalue weighted by Crippen LogP contribution is 2.41. The van der Waals surface area contributed by atoms with Crippen LogP contribution in [-0.4, -0.2) is 6.61 Å². The molecule has 3 heteroatoms. The number of hydrogen-bond donors (Lipinski definition) is 0. The van der Waals surface area contributed by atoms with Crippen molar-refractivity contribution in [2.75, 3.05) is 6.61 Å². The van der Waals surface area contributed by atoms with Gasteiger partial charge in [-0.05, 0) is 45.0 Å². The lowest BCUT2D eigenvalue weighted by molar-refractivity contribution is 0.127. The van der Waals surface area contributed by atoms with Crippen molar-refractivity contribution >= 4 is 49.3 Å². The zero-order valence-corrected chi connectivity index (χ0v) is 12.7. The van der Waals surface area contributed by atoms with Crippen molar-refractivity contribution < 1.29 is 4.74 Å². The molecule has 0 saturated carbocycles. The molecule has 1 unspecified atom stereocenters.